The van der Waals surface area contributed by atoms with Gasteiger partial charge in [0.25, 0.3) is 0 Å². The van der Waals surface area contributed by atoms with E-state index < -0.39 is 0 Å². The molecular weight excluding hydrogens is 459 g/mol. The van der Waals surface area contributed by atoms with Gasteiger partial charge in [0.1, 0.15) is 11.9 Å². The van der Waals surface area contributed by atoms with Gasteiger partial charge in [-0.3, -0.25) is 9.78 Å². The van der Waals surface area contributed by atoms with E-state index in [0.29, 0.717) is 18.4 Å². The smallest absolute Gasteiger partial charge is 0.407 e. The molecule has 1 aromatic heterocycles. The average molecular weight is 493 g/mol. The maximum atomic E-state index is 13.6. The molecule has 1 N–H and O–H groups in total. The zero-order chi connectivity index (χ0) is 25.2. The summed E-state index contributed by atoms with van der Waals surface area (Å²) in [4.78, 5) is 29.2. The molecule has 2 saturated carbocycles. The van der Waals surface area contributed by atoms with E-state index in [-0.39, 0.29) is 47.8 Å². The number of hydrogen-bond acceptors (Lipinski definition) is 5. The van der Waals surface area contributed by atoms with Crippen molar-refractivity contribution in [2.24, 2.45) is 29.6 Å². The third-order valence-electron chi connectivity index (χ3n) is 8.18. The largest absolute Gasteiger partial charge is 0.462 e. The van der Waals surface area contributed by atoms with E-state index in [1.165, 1.54) is 12.1 Å². The number of ether oxygens (including phenoxy) is 2. The molecule has 6 nitrogen and oxygen atoms in total. The highest BCUT2D eigenvalue weighted by Gasteiger charge is 2.54. The highest BCUT2D eigenvalue weighted by atomic mass is 19.1. The Morgan fingerprint density at radius 1 is 1.22 bits per heavy atom. The van der Waals surface area contributed by atoms with Crippen molar-refractivity contribution in [1.29, 1.82) is 0 Å². The molecule has 2 aliphatic carbocycles. The van der Waals surface area contributed by atoms with Crippen LogP contribution < -0.4 is 5.32 Å². The molecule has 7 atom stereocenters. The van der Waals surface area contributed by atoms with E-state index in [1.54, 1.807) is 19.2 Å². The number of rotatable bonds is 5. The molecule has 36 heavy (non-hydrogen) atoms. The second-order valence-electron chi connectivity index (χ2n) is 10.3. The van der Waals surface area contributed by atoms with Gasteiger partial charge in [0, 0.05) is 23.7 Å². The summed E-state index contributed by atoms with van der Waals surface area (Å²) in [6.07, 6.45) is 9.07. The molecule has 2 aromatic rings. The van der Waals surface area contributed by atoms with Crippen LogP contribution in [0, 0.1) is 35.4 Å². The first-order chi connectivity index (χ1) is 17.4. The molecule has 190 valence electrons. The van der Waals surface area contributed by atoms with E-state index in [1.807, 2.05) is 31.2 Å². The fourth-order valence-electron chi connectivity index (χ4n) is 6.64. The number of fused-ring (bicyclic) bond motifs is 2. The van der Waals surface area contributed by atoms with Crippen molar-refractivity contribution >= 4 is 18.1 Å². The SMILES string of the molecule is CCOC(=O)N[C@@H]1CCC2C(CC3C(=O)O[C@H](C)C3C2/C=C/c2ccc(-c3cccc(F)c3)cn2)C1. The number of cyclic esters (lactones) is 1. The van der Waals surface area contributed by atoms with E-state index in [4.69, 9.17) is 9.47 Å². The lowest BCUT2D eigenvalue weighted by atomic mass is 9.57. The number of alkyl carbamates (subject to hydrolysis) is 1. The van der Waals surface area contributed by atoms with Crippen LogP contribution in [-0.2, 0) is 14.3 Å². The van der Waals surface area contributed by atoms with Crippen LogP contribution in [0.3, 0.4) is 0 Å². The quantitative estimate of drug-likeness (QED) is 0.548. The second kappa shape index (κ2) is 10.4. The van der Waals surface area contributed by atoms with Gasteiger partial charge in [-0.05, 0) is 87.1 Å². The Morgan fingerprint density at radius 2 is 2.08 bits per heavy atom. The van der Waals surface area contributed by atoms with Gasteiger partial charge < -0.3 is 14.8 Å². The molecule has 5 rings (SSSR count). The number of halogens is 1. The molecule has 0 radical (unpaired) electrons. The predicted molar refractivity (Wildman–Crippen MR) is 134 cm³/mol. The number of pyridine rings is 1. The third-order valence-corrected chi connectivity index (χ3v) is 8.18. The molecule has 1 aliphatic heterocycles. The summed E-state index contributed by atoms with van der Waals surface area (Å²) >= 11 is 0. The lowest BCUT2D eigenvalue weighted by Gasteiger charge is -2.47. The van der Waals surface area contributed by atoms with Gasteiger partial charge in [0.05, 0.1) is 18.2 Å². The Balaban J connectivity index is 1.34. The minimum Gasteiger partial charge on any atom is -0.462 e. The Labute approximate surface area is 211 Å². The van der Waals surface area contributed by atoms with Crippen LogP contribution in [0.2, 0.25) is 0 Å². The van der Waals surface area contributed by atoms with Gasteiger partial charge in [-0.15, -0.1) is 0 Å². The second-order valence-corrected chi connectivity index (χ2v) is 10.3. The topological polar surface area (TPSA) is 77.5 Å². The Morgan fingerprint density at radius 3 is 2.83 bits per heavy atom. The van der Waals surface area contributed by atoms with Gasteiger partial charge in [-0.1, -0.05) is 24.3 Å². The van der Waals surface area contributed by atoms with Gasteiger partial charge in [0.2, 0.25) is 0 Å². The van der Waals surface area contributed by atoms with Crippen molar-refractivity contribution in [3.63, 3.8) is 0 Å². The number of benzene rings is 1. The van der Waals surface area contributed by atoms with Crippen molar-refractivity contribution in [1.82, 2.24) is 10.3 Å². The minimum atomic E-state index is -0.368. The number of nitrogens with one attached hydrogen (secondary N) is 1. The van der Waals surface area contributed by atoms with Crippen LogP contribution >= 0.6 is 0 Å². The number of hydrogen-bond donors (Lipinski definition) is 1. The molecule has 3 aliphatic rings. The first kappa shape index (κ1) is 24.5. The summed E-state index contributed by atoms with van der Waals surface area (Å²) < 4.78 is 24.3. The van der Waals surface area contributed by atoms with Gasteiger partial charge in [-0.25, -0.2) is 9.18 Å². The number of esters is 1. The number of allylic oxidation sites excluding steroid dienone is 1. The van der Waals surface area contributed by atoms with E-state index in [9.17, 15) is 14.0 Å². The van der Waals surface area contributed by atoms with E-state index >= 15 is 0 Å². The zero-order valence-electron chi connectivity index (χ0n) is 20.7. The molecule has 1 amide bonds. The van der Waals surface area contributed by atoms with Crippen molar-refractivity contribution in [3.05, 3.63) is 60.2 Å². The maximum Gasteiger partial charge on any atom is 0.407 e. The first-order valence-electron chi connectivity index (χ1n) is 13.0. The fourth-order valence-corrected chi connectivity index (χ4v) is 6.64. The predicted octanol–water partition coefficient (Wildman–Crippen LogP) is 5.63. The number of nitrogens with zero attached hydrogens (tertiary/aromatic N) is 1. The van der Waals surface area contributed by atoms with Gasteiger partial charge >= 0.3 is 12.1 Å². The Bertz CT molecular complexity index is 1130. The van der Waals surface area contributed by atoms with Crippen LogP contribution in [-0.4, -0.2) is 35.8 Å². The third kappa shape index (κ3) is 5.01. The van der Waals surface area contributed by atoms with E-state index in [2.05, 4.69) is 16.4 Å². The summed E-state index contributed by atoms with van der Waals surface area (Å²) in [5, 5.41) is 3.00. The number of carbonyl (C=O) groups excluding carboxylic acids is 2. The zero-order valence-corrected chi connectivity index (χ0v) is 20.7. The molecule has 5 unspecified atom stereocenters. The lowest BCUT2D eigenvalue weighted by Crippen LogP contribution is -2.48. The summed E-state index contributed by atoms with van der Waals surface area (Å²) in [5.41, 5.74) is 2.48. The molecular formula is C29H33FN2O4. The van der Waals surface area contributed by atoms with E-state index in [0.717, 1.165) is 42.5 Å². The van der Waals surface area contributed by atoms with Crippen LogP contribution in [0.15, 0.2) is 48.7 Å². The van der Waals surface area contributed by atoms with Crippen molar-refractivity contribution in [3.8, 4) is 11.1 Å². The summed E-state index contributed by atoms with van der Waals surface area (Å²) in [6.45, 7) is 4.15. The minimum absolute atomic E-state index is 0.0679. The average Bonchev–Trinajstić information content (AvgIpc) is 3.15. The molecule has 1 aromatic carbocycles. The van der Waals surface area contributed by atoms with Crippen molar-refractivity contribution in [2.75, 3.05) is 6.61 Å². The fraction of sp³-hybridized carbons (Fsp3) is 0.483. The van der Waals surface area contributed by atoms with Crippen LogP contribution in [0.1, 0.15) is 45.2 Å². The highest BCUT2D eigenvalue weighted by molar-refractivity contribution is 5.75. The van der Waals surface area contributed by atoms with Gasteiger partial charge in [-0.2, -0.15) is 0 Å². The standard InChI is InChI=1S/C29H33FN2O4/c1-3-35-29(34)32-23-10-11-24-20(14-23)15-26-27(17(2)36-28(26)33)25(24)12-9-22-8-7-19(16-31-22)18-5-4-6-21(30)13-18/h4-9,12-13,16-17,20,23-27H,3,10-11,14-15H2,1-2H3,(H,32,34)/b12-9+/t17-,20?,23-,24?,25?,26?,27?/m1/s1. The molecule has 3 fully saturated rings. The molecule has 0 bridgehead atoms. The van der Waals surface area contributed by atoms with Gasteiger partial charge in [0.15, 0.2) is 0 Å². The first-order valence-corrected chi connectivity index (χ1v) is 13.0. The van der Waals surface area contributed by atoms with Crippen molar-refractivity contribution < 1.29 is 23.5 Å². The Kier molecular flexibility index (Phi) is 7.08. The van der Waals surface area contributed by atoms with Crippen LogP contribution in [0.5, 0.6) is 0 Å². The number of aromatic nitrogens is 1. The monoisotopic (exact) mass is 492 g/mol. The van der Waals surface area contributed by atoms with Crippen molar-refractivity contribution in [2.45, 2.75) is 51.7 Å². The molecule has 7 heteroatoms. The lowest BCUT2D eigenvalue weighted by molar-refractivity contribution is -0.144. The molecule has 1 saturated heterocycles. The maximum absolute atomic E-state index is 13.6. The summed E-state index contributed by atoms with van der Waals surface area (Å²) in [5.74, 6) is 0.629. The Hall–Kier alpha value is -3.22. The van der Waals surface area contributed by atoms with Crippen LogP contribution in [0.25, 0.3) is 17.2 Å². The number of amides is 1. The highest BCUT2D eigenvalue weighted by Crippen LogP contribution is 2.53. The summed E-state index contributed by atoms with van der Waals surface area (Å²) in [6, 6.07) is 10.4. The summed E-state index contributed by atoms with van der Waals surface area (Å²) in [7, 11) is 0. The molecule has 0 spiro atoms. The normalized spacial score (nSPS) is 31.4. The molecule has 2 heterocycles. The number of carbonyl (C=O) groups is 2. The van der Waals surface area contributed by atoms with Crippen LogP contribution in [0.4, 0.5) is 9.18 Å².